The lowest BCUT2D eigenvalue weighted by molar-refractivity contribution is 0.0947. The number of amides is 1. The van der Waals surface area contributed by atoms with Crippen LogP contribution in [-0.2, 0) is 0 Å². The van der Waals surface area contributed by atoms with E-state index in [1.165, 1.54) is 18.6 Å². The van der Waals surface area contributed by atoms with Gasteiger partial charge in [-0.15, -0.1) is 0 Å². The Kier molecular flexibility index (Phi) is 3.07. The molecule has 102 valence electrons. The standard InChI is InChI=1S/C14H8N4O3/c19-12-8-3-1-2-4-9(8)13(20)11(12)17-18-14(21)10-7-15-5-6-16-10/h1-7H,(H,18,21). The lowest BCUT2D eigenvalue weighted by Gasteiger charge is -1.95. The minimum Gasteiger partial charge on any atom is -0.287 e. The average molecular weight is 280 g/mol. The Balaban J connectivity index is 2.04. The summed E-state index contributed by atoms with van der Waals surface area (Å²) in [6.07, 6.45) is 4.02. The minimum absolute atomic E-state index is 0.0391. The fraction of sp³-hybridized carbons (Fsp3) is 0. The van der Waals surface area contributed by atoms with Crippen molar-refractivity contribution in [1.82, 2.24) is 15.4 Å². The number of benzene rings is 1. The molecule has 3 aromatic rings. The van der Waals surface area contributed by atoms with Crippen molar-refractivity contribution in [2.45, 2.75) is 0 Å². The van der Waals surface area contributed by atoms with Gasteiger partial charge in [-0.2, -0.15) is 5.10 Å². The molecule has 0 saturated heterocycles. The molecule has 0 spiro atoms. The highest BCUT2D eigenvalue weighted by atomic mass is 16.2. The first-order valence-electron chi connectivity index (χ1n) is 6.01. The van der Waals surface area contributed by atoms with Gasteiger partial charge in [-0.1, -0.05) is 24.3 Å². The Bertz CT molecular complexity index is 923. The Morgan fingerprint density at radius 1 is 1.05 bits per heavy atom. The largest absolute Gasteiger partial charge is 0.291 e. The molecule has 0 saturated carbocycles. The van der Waals surface area contributed by atoms with E-state index in [0.29, 0.717) is 0 Å². The van der Waals surface area contributed by atoms with E-state index in [0.717, 1.165) is 0 Å². The van der Waals surface area contributed by atoms with Gasteiger partial charge in [-0.3, -0.25) is 19.4 Å². The topological polar surface area (TPSA) is 101 Å². The lowest BCUT2D eigenvalue weighted by atomic mass is 10.2. The first-order valence-corrected chi connectivity index (χ1v) is 6.01. The maximum atomic E-state index is 12.0. The Morgan fingerprint density at radius 2 is 1.71 bits per heavy atom. The third-order valence-corrected chi connectivity index (χ3v) is 2.91. The van der Waals surface area contributed by atoms with Crippen LogP contribution in [0.3, 0.4) is 0 Å². The molecule has 7 heteroatoms. The van der Waals surface area contributed by atoms with Crippen LogP contribution in [0.4, 0.5) is 0 Å². The molecule has 0 aliphatic heterocycles. The highest BCUT2D eigenvalue weighted by molar-refractivity contribution is 5.91. The molecule has 1 N–H and O–H groups in total. The zero-order chi connectivity index (χ0) is 14.8. The van der Waals surface area contributed by atoms with Gasteiger partial charge in [0.05, 0.1) is 6.20 Å². The van der Waals surface area contributed by atoms with Crippen LogP contribution >= 0.6 is 0 Å². The molecule has 0 aliphatic carbocycles. The number of hydrogen-bond acceptors (Lipinski definition) is 6. The Morgan fingerprint density at radius 3 is 2.29 bits per heavy atom. The monoisotopic (exact) mass is 280 g/mol. The molecule has 0 atom stereocenters. The number of nitrogens with one attached hydrogen (secondary N) is 1. The predicted octanol–water partition coefficient (Wildman–Crippen LogP) is -0.529. The number of hydrogen-bond donors (Lipinski definition) is 1. The number of carbonyl (C=O) groups excluding carboxylic acids is 1. The van der Waals surface area contributed by atoms with Crippen molar-refractivity contribution in [3.8, 4) is 0 Å². The van der Waals surface area contributed by atoms with Gasteiger partial charge in [0.25, 0.3) is 5.91 Å². The van der Waals surface area contributed by atoms with Gasteiger partial charge in [-0.25, -0.2) is 10.4 Å². The summed E-state index contributed by atoms with van der Waals surface area (Å²) >= 11 is 0. The van der Waals surface area contributed by atoms with E-state index in [2.05, 4.69) is 20.5 Å². The number of carbonyl (C=O) groups is 1. The van der Waals surface area contributed by atoms with Crippen LogP contribution in [0.2, 0.25) is 0 Å². The summed E-state index contributed by atoms with van der Waals surface area (Å²) < 4.78 is 0. The van der Waals surface area contributed by atoms with Gasteiger partial charge < -0.3 is 0 Å². The summed E-state index contributed by atoms with van der Waals surface area (Å²) in [5.74, 6) is -0.646. The average Bonchev–Trinajstić information content (AvgIpc) is 2.78. The molecule has 3 rings (SSSR count). The molecular formula is C14H8N4O3. The second-order valence-corrected chi connectivity index (χ2v) is 4.20. The highest BCUT2D eigenvalue weighted by Crippen LogP contribution is 2.01. The van der Waals surface area contributed by atoms with Crippen LogP contribution in [0, 0.1) is 0 Å². The van der Waals surface area contributed by atoms with Crippen molar-refractivity contribution >= 4 is 16.7 Å². The van der Waals surface area contributed by atoms with E-state index in [1.807, 2.05) is 0 Å². The number of aromatic nitrogens is 2. The van der Waals surface area contributed by atoms with Crippen LogP contribution in [0.25, 0.3) is 10.8 Å². The maximum absolute atomic E-state index is 12.0. The van der Waals surface area contributed by atoms with Crippen LogP contribution < -0.4 is 21.6 Å². The summed E-state index contributed by atoms with van der Waals surface area (Å²) in [6.45, 7) is 0. The molecule has 1 aromatic heterocycles. The van der Waals surface area contributed by atoms with Crippen LogP contribution in [-0.4, -0.2) is 15.9 Å². The van der Waals surface area contributed by atoms with Crippen molar-refractivity contribution in [2.75, 3.05) is 0 Å². The van der Waals surface area contributed by atoms with E-state index in [4.69, 9.17) is 0 Å². The van der Waals surface area contributed by atoms with Gasteiger partial charge in [0.1, 0.15) is 5.69 Å². The first kappa shape index (κ1) is 12.8. The second kappa shape index (κ2) is 5.04. The molecule has 1 heterocycles. The van der Waals surface area contributed by atoms with Crippen molar-refractivity contribution in [2.24, 2.45) is 5.10 Å². The third kappa shape index (κ3) is 2.20. The van der Waals surface area contributed by atoms with Crippen LogP contribution in [0.5, 0.6) is 0 Å². The van der Waals surface area contributed by atoms with Crippen LogP contribution in [0.15, 0.2) is 57.5 Å². The molecule has 0 radical (unpaired) electrons. The number of fused-ring (bicyclic) bond motifs is 1. The lowest BCUT2D eigenvalue weighted by Crippen LogP contribution is -2.35. The van der Waals surface area contributed by atoms with Gasteiger partial charge in [0.15, 0.2) is 5.36 Å². The molecule has 0 fully saturated rings. The normalized spacial score (nSPS) is 10.5. The highest BCUT2D eigenvalue weighted by Gasteiger charge is 2.11. The van der Waals surface area contributed by atoms with Gasteiger partial charge in [-0.05, 0) is 0 Å². The summed E-state index contributed by atoms with van der Waals surface area (Å²) in [5.41, 5.74) is 1.17. The van der Waals surface area contributed by atoms with E-state index < -0.39 is 16.8 Å². The molecule has 1 amide bonds. The molecule has 0 bridgehead atoms. The zero-order valence-corrected chi connectivity index (χ0v) is 10.6. The van der Waals surface area contributed by atoms with E-state index in [-0.39, 0.29) is 21.8 Å². The zero-order valence-electron chi connectivity index (χ0n) is 10.6. The van der Waals surface area contributed by atoms with Crippen molar-refractivity contribution < 1.29 is 4.79 Å². The van der Waals surface area contributed by atoms with Crippen molar-refractivity contribution in [1.29, 1.82) is 0 Å². The third-order valence-electron chi connectivity index (χ3n) is 2.91. The van der Waals surface area contributed by atoms with E-state index in [1.54, 1.807) is 24.3 Å². The maximum Gasteiger partial charge on any atom is 0.291 e. The second-order valence-electron chi connectivity index (χ2n) is 4.20. The van der Waals surface area contributed by atoms with Gasteiger partial charge in [0.2, 0.25) is 10.9 Å². The molecule has 0 aliphatic rings. The number of nitrogens with zero attached hydrogens (tertiary/aromatic N) is 3. The molecule has 2 aromatic carbocycles. The van der Waals surface area contributed by atoms with Crippen LogP contribution in [0.1, 0.15) is 10.5 Å². The quantitative estimate of drug-likeness (QED) is 0.636. The summed E-state index contributed by atoms with van der Waals surface area (Å²) in [7, 11) is 0. The number of rotatable bonds is 2. The summed E-state index contributed by atoms with van der Waals surface area (Å²) in [6, 6.07) is 6.40. The summed E-state index contributed by atoms with van der Waals surface area (Å²) in [5, 5.41) is 3.89. The minimum atomic E-state index is -0.646. The van der Waals surface area contributed by atoms with E-state index >= 15 is 0 Å². The van der Waals surface area contributed by atoms with Gasteiger partial charge in [0, 0.05) is 23.2 Å². The fourth-order valence-electron chi connectivity index (χ4n) is 1.92. The summed E-state index contributed by atoms with van der Waals surface area (Å²) in [4.78, 5) is 43.3. The van der Waals surface area contributed by atoms with Gasteiger partial charge >= 0.3 is 0 Å². The first-order chi connectivity index (χ1) is 10.2. The van der Waals surface area contributed by atoms with Crippen molar-refractivity contribution in [3.05, 3.63) is 74.4 Å². The smallest absolute Gasteiger partial charge is 0.287 e. The molecule has 7 nitrogen and oxygen atoms in total. The molecule has 21 heavy (non-hydrogen) atoms. The predicted molar refractivity (Wildman–Crippen MR) is 73.9 cm³/mol. The Hall–Kier alpha value is -3.22. The molecular weight excluding hydrogens is 272 g/mol. The Labute approximate surface area is 117 Å². The fourth-order valence-corrected chi connectivity index (χ4v) is 1.92. The molecule has 0 unspecified atom stereocenters. The SMILES string of the molecule is O=C(NN=c1c(=O)c2ccccc2c1=O)c1cnccn1. The van der Waals surface area contributed by atoms with E-state index in [9.17, 15) is 14.4 Å². The van der Waals surface area contributed by atoms with Crippen molar-refractivity contribution in [3.63, 3.8) is 0 Å².